The van der Waals surface area contributed by atoms with Gasteiger partial charge in [0.1, 0.15) is 5.01 Å². The lowest BCUT2D eigenvalue weighted by Crippen LogP contribution is -2.35. The van der Waals surface area contributed by atoms with Gasteiger partial charge in [-0.1, -0.05) is 12.1 Å². The van der Waals surface area contributed by atoms with E-state index < -0.39 is 16.0 Å². The Hall–Kier alpha value is -1.81. The molecule has 0 atom stereocenters. The summed E-state index contributed by atoms with van der Waals surface area (Å²) in [6.07, 6.45) is 2.50. The number of hydrogen-bond donors (Lipinski definition) is 0. The van der Waals surface area contributed by atoms with Crippen molar-refractivity contribution in [1.82, 2.24) is 14.2 Å². The molecule has 1 saturated heterocycles. The number of esters is 1. The minimum absolute atomic E-state index is 0.000207. The second-order valence-corrected chi connectivity index (χ2v) is 8.83. The third-order valence-corrected chi connectivity index (χ3v) is 7.02. The van der Waals surface area contributed by atoms with Crippen molar-refractivity contribution >= 4 is 27.3 Å². The quantitative estimate of drug-likeness (QED) is 0.719. The van der Waals surface area contributed by atoms with Crippen LogP contribution in [0.3, 0.4) is 0 Å². The molecule has 2 heterocycles. The third kappa shape index (κ3) is 4.12. The Bertz CT molecular complexity index is 853. The van der Waals surface area contributed by atoms with Crippen LogP contribution in [0.1, 0.15) is 21.8 Å². The number of sulfonamides is 1. The molecule has 1 aliphatic rings. The molecule has 1 fully saturated rings. The van der Waals surface area contributed by atoms with Crippen molar-refractivity contribution in [2.75, 3.05) is 33.3 Å². The van der Waals surface area contributed by atoms with Crippen LogP contribution < -0.4 is 0 Å². The largest absolute Gasteiger partial charge is 0.465 e. The monoisotopic (exact) mass is 395 g/mol. The third-order valence-electron chi connectivity index (χ3n) is 4.30. The van der Waals surface area contributed by atoms with Crippen LogP contribution in [0.15, 0.2) is 40.7 Å². The van der Waals surface area contributed by atoms with E-state index in [0.29, 0.717) is 19.6 Å². The van der Waals surface area contributed by atoms with Crippen molar-refractivity contribution in [2.24, 2.45) is 0 Å². The lowest BCUT2D eigenvalue weighted by atomic mass is 10.2. The van der Waals surface area contributed by atoms with E-state index in [2.05, 4.69) is 9.88 Å². The molecule has 0 amide bonds. The highest BCUT2D eigenvalue weighted by Crippen LogP contribution is 2.22. The normalized spacial score (nSPS) is 17.0. The van der Waals surface area contributed by atoms with Gasteiger partial charge in [-0.2, -0.15) is 4.31 Å². The first kappa shape index (κ1) is 19.0. The zero-order valence-corrected chi connectivity index (χ0v) is 16.1. The minimum atomic E-state index is -3.76. The fraction of sp³-hybridized carbons (Fsp3) is 0.412. The standard InChI is InChI=1S/C17H21N3O4S2/c1-24-17(21)14-5-2-3-6-15(14)26(22,23)20-9-4-8-19(10-11-20)13-16-18-7-12-25-16/h2-3,5-7,12H,4,8-11,13H2,1H3. The summed E-state index contributed by atoms with van der Waals surface area (Å²) in [6.45, 7) is 2.96. The number of thiazole rings is 1. The maximum Gasteiger partial charge on any atom is 0.339 e. The van der Waals surface area contributed by atoms with E-state index in [1.165, 1.54) is 23.5 Å². The number of carbonyl (C=O) groups excluding carboxylic acids is 1. The van der Waals surface area contributed by atoms with Gasteiger partial charge in [0.25, 0.3) is 0 Å². The van der Waals surface area contributed by atoms with Gasteiger partial charge < -0.3 is 4.74 Å². The smallest absolute Gasteiger partial charge is 0.339 e. The number of ether oxygens (including phenoxy) is 1. The first-order valence-electron chi connectivity index (χ1n) is 8.30. The first-order valence-corrected chi connectivity index (χ1v) is 10.6. The van der Waals surface area contributed by atoms with Crippen molar-refractivity contribution in [2.45, 2.75) is 17.9 Å². The predicted octanol–water partition coefficient (Wildman–Crippen LogP) is 1.83. The molecule has 1 aromatic carbocycles. The van der Waals surface area contributed by atoms with Gasteiger partial charge in [-0.3, -0.25) is 4.90 Å². The topological polar surface area (TPSA) is 79.8 Å². The molecule has 9 heteroatoms. The van der Waals surface area contributed by atoms with E-state index in [9.17, 15) is 13.2 Å². The number of rotatable bonds is 5. The maximum atomic E-state index is 13.1. The summed E-state index contributed by atoms with van der Waals surface area (Å²) in [5.41, 5.74) is 0.0684. The Morgan fingerprint density at radius 2 is 2.04 bits per heavy atom. The van der Waals surface area contributed by atoms with E-state index in [4.69, 9.17) is 4.74 Å². The minimum Gasteiger partial charge on any atom is -0.465 e. The SMILES string of the molecule is COC(=O)c1ccccc1S(=O)(=O)N1CCCN(Cc2nccs2)CC1. The highest BCUT2D eigenvalue weighted by atomic mass is 32.2. The van der Waals surface area contributed by atoms with Gasteiger partial charge in [0, 0.05) is 31.2 Å². The highest BCUT2D eigenvalue weighted by molar-refractivity contribution is 7.89. The lowest BCUT2D eigenvalue weighted by molar-refractivity contribution is 0.0596. The number of aromatic nitrogens is 1. The van der Waals surface area contributed by atoms with E-state index in [1.807, 2.05) is 5.38 Å². The van der Waals surface area contributed by atoms with Crippen molar-refractivity contribution in [3.05, 3.63) is 46.4 Å². The van der Waals surface area contributed by atoms with Crippen LogP contribution in [0.4, 0.5) is 0 Å². The van der Waals surface area contributed by atoms with Crippen LogP contribution in [-0.2, 0) is 21.3 Å². The zero-order chi connectivity index (χ0) is 18.6. The Balaban J connectivity index is 1.77. The molecular weight excluding hydrogens is 374 g/mol. The average Bonchev–Trinajstić information content (AvgIpc) is 3.04. The second-order valence-electron chi connectivity index (χ2n) is 5.95. The van der Waals surface area contributed by atoms with Crippen LogP contribution in [0.5, 0.6) is 0 Å². The number of hydrogen-bond acceptors (Lipinski definition) is 7. The zero-order valence-electron chi connectivity index (χ0n) is 14.5. The van der Waals surface area contributed by atoms with Crippen LogP contribution in [-0.4, -0.2) is 61.9 Å². The van der Waals surface area contributed by atoms with E-state index in [1.54, 1.807) is 29.7 Å². The molecule has 0 N–H and O–H groups in total. The van der Waals surface area contributed by atoms with Crippen LogP contribution in [0.2, 0.25) is 0 Å². The molecule has 0 aliphatic carbocycles. The van der Waals surface area contributed by atoms with Gasteiger partial charge in [0.15, 0.2) is 0 Å². The van der Waals surface area contributed by atoms with E-state index in [-0.39, 0.29) is 10.5 Å². The van der Waals surface area contributed by atoms with E-state index >= 15 is 0 Å². The Labute approximate surface area is 157 Å². The summed E-state index contributed by atoms with van der Waals surface area (Å²) in [7, 11) is -2.52. The lowest BCUT2D eigenvalue weighted by Gasteiger charge is -2.22. The fourth-order valence-corrected chi connectivity index (χ4v) is 5.28. The molecule has 26 heavy (non-hydrogen) atoms. The first-order chi connectivity index (χ1) is 12.5. The Morgan fingerprint density at radius 3 is 2.77 bits per heavy atom. The van der Waals surface area contributed by atoms with Gasteiger partial charge >= 0.3 is 5.97 Å². The fourth-order valence-electron chi connectivity index (χ4n) is 2.98. The van der Waals surface area contributed by atoms with E-state index in [0.717, 1.165) is 24.5 Å². The Morgan fingerprint density at radius 1 is 1.23 bits per heavy atom. The number of methoxy groups -OCH3 is 1. The molecule has 0 saturated carbocycles. The molecular formula is C17H21N3O4S2. The van der Waals surface area contributed by atoms with Gasteiger partial charge in [-0.15, -0.1) is 11.3 Å². The summed E-state index contributed by atoms with van der Waals surface area (Å²) < 4.78 is 32.4. The van der Waals surface area contributed by atoms with Crippen LogP contribution in [0, 0.1) is 0 Å². The van der Waals surface area contributed by atoms with Crippen LogP contribution >= 0.6 is 11.3 Å². The van der Waals surface area contributed by atoms with Gasteiger partial charge in [0.2, 0.25) is 10.0 Å². The number of benzene rings is 1. The summed E-state index contributed by atoms with van der Waals surface area (Å²) in [5, 5.41) is 2.96. The average molecular weight is 396 g/mol. The molecule has 140 valence electrons. The Kier molecular flexibility index (Phi) is 6.02. The predicted molar refractivity (Wildman–Crippen MR) is 98.5 cm³/mol. The molecule has 1 aromatic heterocycles. The molecule has 1 aliphatic heterocycles. The highest BCUT2D eigenvalue weighted by Gasteiger charge is 2.30. The maximum absolute atomic E-state index is 13.1. The summed E-state index contributed by atoms with van der Waals surface area (Å²) in [4.78, 5) is 18.4. The van der Waals surface area contributed by atoms with Crippen molar-refractivity contribution in [1.29, 1.82) is 0 Å². The van der Waals surface area contributed by atoms with Gasteiger partial charge in [0.05, 0.1) is 24.1 Å². The summed E-state index contributed by atoms with van der Waals surface area (Å²) in [6, 6.07) is 6.18. The molecule has 0 bridgehead atoms. The molecule has 0 radical (unpaired) electrons. The second kappa shape index (κ2) is 8.26. The van der Waals surface area contributed by atoms with Crippen molar-refractivity contribution in [3.63, 3.8) is 0 Å². The van der Waals surface area contributed by atoms with Gasteiger partial charge in [-0.05, 0) is 25.1 Å². The van der Waals surface area contributed by atoms with Gasteiger partial charge in [-0.25, -0.2) is 18.2 Å². The molecule has 0 unspecified atom stereocenters. The molecule has 2 aromatic rings. The van der Waals surface area contributed by atoms with Crippen molar-refractivity contribution in [3.8, 4) is 0 Å². The number of nitrogens with zero attached hydrogens (tertiary/aromatic N) is 3. The number of carbonyl (C=O) groups is 1. The molecule has 0 spiro atoms. The summed E-state index contributed by atoms with van der Waals surface area (Å²) in [5.74, 6) is -0.649. The molecule has 7 nitrogen and oxygen atoms in total. The van der Waals surface area contributed by atoms with Crippen LogP contribution in [0.25, 0.3) is 0 Å². The molecule has 3 rings (SSSR count). The summed E-state index contributed by atoms with van der Waals surface area (Å²) >= 11 is 1.60. The van der Waals surface area contributed by atoms with Crippen molar-refractivity contribution < 1.29 is 17.9 Å².